The van der Waals surface area contributed by atoms with E-state index in [1.165, 1.54) is 0 Å². The summed E-state index contributed by atoms with van der Waals surface area (Å²) in [5.74, 6) is 2.24. The number of benzene rings is 1. The second kappa shape index (κ2) is 5.91. The first-order valence-corrected chi connectivity index (χ1v) is 7.86. The topological polar surface area (TPSA) is 31.0 Å². The van der Waals surface area contributed by atoms with Gasteiger partial charge in [0.05, 0.1) is 33.4 Å². The molecular formula is C15H13Cl3N2O. The molecule has 0 saturated heterocycles. The van der Waals surface area contributed by atoms with Crippen molar-refractivity contribution in [3.05, 3.63) is 52.2 Å². The van der Waals surface area contributed by atoms with Crippen molar-refractivity contribution in [2.75, 3.05) is 5.88 Å². The molecule has 2 heterocycles. The van der Waals surface area contributed by atoms with Gasteiger partial charge in [-0.1, -0.05) is 23.2 Å². The fraction of sp³-hybridized carbons (Fsp3) is 0.267. The van der Waals surface area contributed by atoms with Crippen molar-refractivity contribution in [1.82, 2.24) is 9.55 Å². The molecule has 1 unspecified atom stereocenters. The van der Waals surface area contributed by atoms with Crippen LogP contribution in [0.3, 0.4) is 0 Å². The monoisotopic (exact) mass is 342 g/mol. The molecule has 2 aromatic heterocycles. The van der Waals surface area contributed by atoms with E-state index in [1.54, 1.807) is 12.3 Å². The molecule has 0 spiro atoms. The summed E-state index contributed by atoms with van der Waals surface area (Å²) >= 11 is 18.1. The Morgan fingerprint density at radius 2 is 2.05 bits per heavy atom. The Morgan fingerprint density at radius 1 is 1.29 bits per heavy atom. The lowest BCUT2D eigenvalue weighted by atomic mass is 10.2. The molecule has 0 bridgehead atoms. The highest BCUT2D eigenvalue weighted by molar-refractivity contribution is 6.42. The zero-order valence-corrected chi connectivity index (χ0v) is 13.6. The Labute approximate surface area is 137 Å². The normalized spacial score (nSPS) is 13.0. The molecule has 0 aliphatic carbocycles. The van der Waals surface area contributed by atoms with Crippen LogP contribution in [-0.2, 0) is 6.42 Å². The van der Waals surface area contributed by atoms with Crippen LogP contribution in [0.1, 0.15) is 24.6 Å². The molecule has 3 aromatic rings. The van der Waals surface area contributed by atoms with E-state index in [4.69, 9.17) is 39.2 Å². The summed E-state index contributed by atoms with van der Waals surface area (Å²) in [5.41, 5.74) is 1.73. The molecule has 0 saturated carbocycles. The van der Waals surface area contributed by atoms with Gasteiger partial charge in [-0.15, -0.1) is 11.6 Å². The van der Waals surface area contributed by atoms with E-state index in [0.29, 0.717) is 22.3 Å². The van der Waals surface area contributed by atoms with E-state index >= 15 is 0 Å². The van der Waals surface area contributed by atoms with Crippen LogP contribution in [-0.4, -0.2) is 15.4 Å². The van der Waals surface area contributed by atoms with Crippen LogP contribution < -0.4 is 0 Å². The van der Waals surface area contributed by atoms with E-state index < -0.39 is 0 Å². The summed E-state index contributed by atoms with van der Waals surface area (Å²) in [6, 6.07) is 7.43. The molecule has 3 nitrogen and oxygen atoms in total. The number of aromatic nitrogens is 2. The van der Waals surface area contributed by atoms with Crippen molar-refractivity contribution in [3.8, 4) is 0 Å². The van der Waals surface area contributed by atoms with Gasteiger partial charge in [0.25, 0.3) is 0 Å². The zero-order chi connectivity index (χ0) is 15.0. The summed E-state index contributed by atoms with van der Waals surface area (Å²) in [7, 11) is 0. The van der Waals surface area contributed by atoms with Crippen LogP contribution in [0.25, 0.3) is 11.0 Å². The Kier molecular flexibility index (Phi) is 4.16. The summed E-state index contributed by atoms with van der Waals surface area (Å²) in [5, 5.41) is 1.01. The van der Waals surface area contributed by atoms with Crippen LogP contribution in [0.2, 0.25) is 10.0 Å². The third-order valence-electron chi connectivity index (χ3n) is 3.46. The molecule has 0 amide bonds. The van der Waals surface area contributed by atoms with Gasteiger partial charge < -0.3 is 8.98 Å². The predicted molar refractivity (Wildman–Crippen MR) is 86.7 cm³/mol. The van der Waals surface area contributed by atoms with Gasteiger partial charge >= 0.3 is 0 Å². The second-order valence-electron chi connectivity index (χ2n) is 4.78. The lowest BCUT2D eigenvalue weighted by Crippen LogP contribution is -2.10. The fourth-order valence-electron chi connectivity index (χ4n) is 2.49. The maximum Gasteiger partial charge on any atom is 0.126 e. The summed E-state index contributed by atoms with van der Waals surface area (Å²) in [6.07, 6.45) is 2.33. The molecule has 110 valence electrons. The standard InChI is InChI=1S/C15H13Cl3N2O/c1-9(14-3-2-6-21-14)20-13-8-11(18)10(17)7-12(13)19-15(20)4-5-16/h2-3,6-9H,4-5H2,1H3. The van der Waals surface area contributed by atoms with E-state index in [1.807, 2.05) is 18.2 Å². The Bertz CT molecular complexity index is 765. The minimum atomic E-state index is 0.000425. The van der Waals surface area contributed by atoms with Crippen LogP contribution in [0.15, 0.2) is 34.9 Å². The number of fused-ring (bicyclic) bond motifs is 1. The number of nitrogens with zero attached hydrogens (tertiary/aromatic N) is 2. The molecule has 0 fully saturated rings. The number of rotatable bonds is 4. The third-order valence-corrected chi connectivity index (χ3v) is 4.38. The maximum atomic E-state index is 6.15. The van der Waals surface area contributed by atoms with E-state index in [9.17, 15) is 0 Å². The molecule has 0 radical (unpaired) electrons. The fourth-order valence-corrected chi connectivity index (χ4v) is 2.97. The number of aryl methyl sites for hydroxylation is 1. The van der Waals surface area contributed by atoms with Gasteiger partial charge in [-0.3, -0.25) is 0 Å². The Balaban J connectivity index is 2.22. The first-order valence-electron chi connectivity index (χ1n) is 6.57. The molecule has 3 rings (SSSR count). The third kappa shape index (κ3) is 2.66. The summed E-state index contributed by atoms with van der Waals surface area (Å²) < 4.78 is 7.61. The molecule has 6 heteroatoms. The minimum Gasteiger partial charge on any atom is -0.467 e. The molecule has 0 aliphatic rings. The highest BCUT2D eigenvalue weighted by Crippen LogP contribution is 2.32. The van der Waals surface area contributed by atoms with Crippen LogP contribution in [0.5, 0.6) is 0 Å². The van der Waals surface area contributed by atoms with Gasteiger partial charge in [0.2, 0.25) is 0 Å². The van der Waals surface area contributed by atoms with Gasteiger partial charge in [0.1, 0.15) is 11.6 Å². The van der Waals surface area contributed by atoms with Gasteiger partial charge in [0.15, 0.2) is 0 Å². The highest BCUT2D eigenvalue weighted by Gasteiger charge is 2.19. The van der Waals surface area contributed by atoms with E-state index in [-0.39, 0.29) is 6.04 Å². The van der Waals surface area contributed by atoms with E-state index in [2.05, 4.69) is 16.5 Å². The highest BCUT2D eigenvalue weighted by atomic mass is 35.5. The maximum absolute atomic E-state index is 6.15. The zero-order valence-electron chi connectivity index (χ0n) is 11.3. The second-order valence-corrected chi connectivity index (χ2v) is 5.98. The number of imidazole rings is 1. The van der Waals surface area contributed by atoms with Crippen molar-refractivity contribution in [2.45, 2.75) is 19.4 Å². The van der Waals surface area contributed by atoms with Crippen molar-refractivity contribution in [3.63, 3.8) is 0 Å². The van der Waals surface area contributed by atoms with Gasteiger partial charge in [-0.2, -0.15) is 0 Å². The largest absolute Gasteiger partial charge is 0.467 e. The molecule has 21 heavy (non-hydrogen) atoms. The van der Waals surface area contributed by atoms with Crippen molar-refractivity contribution < 1.29 is 4.42 Å². The first kappa shape index (κ1) is 14.8. The molecule has 1 atom stereocenters. The van der Waals surface area contributed by atoms with Crippen molar-refractivity contribution >= 4 is 45.8 Å². The SMILES string of the molecule is CC(c1ccco1)n1c(CCCl)nc2cc(Cl)c(Cl)cc21. The van der Waals surface area contributed by atoms with Gasteiger partial charge in [0, 0.05) is 12.3 Å². The summed E-state index contributed by atoms with van der Waals surface area (Å²) in [4.78, 5) is 4.63. The van der Waals surface area contributed by atoms with Crippen LogP contribution >= 0.6 is 34.8 Å². The molecular weight excluding hydrogens is 331 g/mol. The smallest absolute Gasteiger partial charge is 0.126 e. The van der Waals surface area contributed by atoms with Crippen molar-refractivity contribution in [1.29, 1.82) is 0 Å². The molecule has 1 aromatic carbocycles. The van der Waals surface area contributed by atoms with Crippen molar-refractivity contribution in [2.24, 2.45) is 0 Å². The number of halogens is 3. The average molecular weight is 344 g/mol. The Morgan fingerprint density at radius 3 is 2.71 bits per heavy atom. The molecule has 0 N–H and O–H groups in total. The minimum absolute atomic E-state index is 0.000425. The number of hydrogen-bond acceptors (Lipinski definition) is 2. The van der Waals surface area contributed by atoms with Crippen LogP contribution in [0.4, 0.5) is 0 Å². The number of alkyl halides is 1. The summed E-state index contributed by atoms with van der Waals surface area (Å²) in [6.45, 7) is 2.06. The average Bonchev–Trinajstić information content (AvgIpc) is 3.07. The van der Waals surface area contributed by atoms with Crippen LogP contribution in [0, 0.1) is 0 Å². The lowest BCUT2D eigenvalue weighted by Gasteiger charge is -2.15. The van der Waals surface area contributed by atoms with Gasteiger partial charge in [-0.05, 0) is 31.2 Å². The number of furan rings is 1. The first-order chi connectivity index (χ1) is 10.1. The van der Waals surface area contributed by atoms with Gasteiger partial charge in [-0.25, -0.2) is 4.98 Å². The Hall–Kier alpha value is -1.16. The quantitative estimate of drug-likeness (QED) is 0.600. The molecule has 0 aliphatic heterocycles. The van der Waals surface area contributed by atoms with E-state index in [0.717, 1.165) is 22.6 Å². The predicted octanol–water partition coefficient (Wildman–Crippen LogP) is 5.33. The number of hydrogen-bond donors (Lipinski definition) is 0. The lowest BCUT2D eigenvalue weighted by molar-refractivity contribution is 0.445.